The Labute approximate surface area is 153 Å². The van der Waals surface area contributed by atoms with Crippen molar-refractivity contribution in [3.05, 3.63) is 29.8 Å². The molecule has 11 nitrogen and oxygen atoms in total. The Morgan fingerprint density at radius 1 is 0.963 bits per heavy atom. The quantitative estimate of drug-likeness (QED) is 0.234. The Morgan fingerprint density at radius 2 is 1.52 bits per heavy atom. The molecule has 3 atom stereocenters. The number of carboxylic acid groups (broad SMARTS) is 2. The largest absolute Gasteiger partial charge is 0.508 e. The number of nitrogens with two attached hydrogens (primary N) is 1. The van der Waals surface area contributed by atoms with Crippen molar-refractivity contribution in [2.45, 2.75) is 31.0 Å². The molecule has 11 heteroatoms. The number of amides is 2. The van der Waals surface area contributed by atoms with E-state index in [1.165, 1.54) is 24.3 Å². The number of nitrogens with one attached hydrogen (secondary N) is 2. The minimum absolute atomic E-state index is 0.0153. The molecule has 1 aromatic carbocycles. The lowest BCUT2D eigenvalue weighted by Gasteiger charge is -2.22. The Morgan fingerprint density at radius 3 is 2.00 bits per heavy atom. The van der Waals surface area contributed by atoms with Gasteiger partial charge >= 0.3 is 11.9 Å². The summed E-state index contributed by atoms with van der Waals surface area (Å²) in [7, 11) is 0. The van der Waals surface area contributed by atoms with Crippen molar-refractivity contribution in [2.24, 2.45) is 5.73 Å². The third-order valence-electron chi connectivity index (χ3n) is 3.54. The van der Waals surface area contributed by atoms with Gasteiger partial charge in [0.2, 0.25) is 11.8 Å². The molecule has 8 N–H and O–H groups in total. The fraction of sp³-hybridized carbons (Fsp3) is 0.375. The predicted molar refractivity (Wildman–Crippen MR) is 90.6 cm³/mol. The van der Waals surface area contributed by atoms with Gasteiger partial charge in [0.15, 0.2) is 0 Å². The van der Waals surface area contributed by atoms with Crippen LogP contribution < -0.4 is 16.4 Å². The molecule has 0 aliphatic carbocycles. The first-order valence-corrected chi connectivity index (χ1v) is 7.83. The van der Waals surface area contributed by atoms with E-state index < -0.39 is 54.9 Å². The second-order valence-corrected chi connectivity index (χ2v) is 5.72. The van der Waals surface area contributed by atoms with E-state index in [1.54, 1.807) is 0 Å². The molecule has 0 saturated carbocycles. The number of rotatable bonds is 10. The highest BCUT2D eigenvalue weighted by Crippen LogP contribution is 2.12. The van der Waals surface area contributed by atoms with E-state index in [-0.39, 0.29) is 12.2 Å². The molecule has 0 bridgehead atoms. The van der Waals surface area contributed by atoms with Crippen molar-refractivity contribution in [1.82, 2.24) is 10.6 Å². The van der Waals surface area contributed by atoms with Gasteiger partial charge in [0.05, 0.1) is 19.1 Å². The van der Waals surface area contributed by atoms with Crippen LogP contribution in [0.2, 0.25) is 0 Å². The van der Waals surface area contributed by atoms with Crippen molar-refractivity contribution in [2.75, 3.05) is 6.61 Å². The molecular formula is C16H21N3O8. The van der Waals surface area contributed by atoms with E-state index in [2.05, 4.69) is 10.6 Å². The van der Waals surface area contributed by atoms with Gasteiger partial charge in [-0.1, -0.05) is 12.1 Å². The van der Waals surface area contributed by atoms with Crippen molar-refractivity contribution in [3.8, 4) is 5.75 Å². The molecule has 0 fully saturated rings. The van der Waals surface area contributed by atoms with Crippen molar-refractivity contribution in [3.63, 3.8) is 0 Å². The summed E-state index contributed by atoms with van der Waals surface area (Å²) in [6, 6.07) is 1.41. The van der Waals surface area contributed by atoms with Gasteiger partial charge < -0.3 is 36.8 Å². The van der Waals surface area contributed by atoms with Crippen LogP contribution in [0.4, 0.5) is 0 Å². The van der Waals surface area contributed by atoms with Crippen LogP contribution in [-0.4, -0.2) is 68.9 Å². The lowest BCUT2D eigenvalue weighted by atomic mass is 10.0. The van der Waals surface area contributed by atoms with Crippen LogP contribution in [0.3, 0.4) is 0 Å². The summed E-state index contributed by atoms with van der Waals surface area (Å²) in [5, 5.41) is 40.3. The lowest BCUT2D eigenvalue weighted by Crippen LogP contribution is -2.56. The van der Waals surface area contributed by atoms with Gasteiger partial charge in [-0.3, -0.25) is 14.4 Å². The number of aliphatic hydroxyl groups excluding tert-OH is 1. The zero-order valence-corrected chi connectivity index (χ0v) is 14.2. The first-order valence-electron chi connectivity index (χ1n) is 7.83. The lowest BCUT2D eigenvalue weighted by molar-refractivity contribution is -0.143. The fourth-order valence-corrected chi connectivity index (χ4v) is 2.09. The topological polar surface area (TPSA) is 199 Å². The number of carbonyl (C=O) groups is 4. The zero-order valence-electron chi connectivity index (χ0n) is 14.2. The van der Waals surface area contributed by atoms with E-state index >= 15 is 0 Å². The summed E-state index contributed by atoms with van der Waals surface area (Å²) in [6.45, 7) is -0.862. The molecule has 1 rings (SSSR count). The smallest absolute Gasteiger partial charge is 0.328 e. The van der Waals surface area contributed by atoms with Crippen molar-refractivity contribution < 1.29 is 39.6 Å². The van der Waals surface area contributed by atoms with E-state index in [0.29, 0.717) is 5.56 Å². The summed E-state index contributed by atoms with van der Waals surface area (Å²) < 4.78 is 0. The average Bonchev–Trinajstić information content (AvgIpc) is 2.59. The number of carbonyl (C=O) groups excluding carboxylic acids is 2. The molecule has 0 radical (unpaired) electrons. The van der Waals surface area contributed by atoms with Gasteiger partial charge in [-0.05, 0) is 17.7 Å². The summed E-state index contributed by atoms with van der Waals surface area (Å²) >= 11 is 0. The first kappa shape index (κ1) is 21.9. The number of phenols is 1. The van der Waals surface area contributed by atoms with E-state index in [1.807, 2.05) is 0 Å². The second kappa shape index (κ2) is 10.1. The van der Waals surface area contributed by atoms with Gasteiger partial charge in [-0.25, -0.2) is 4.79 Å². The molecule has 2 amide bonds. The number of benzene rings is 1. The SMILES string of the molecule is N[C@@H](CC(=O)O)C(=O)N[C@@H](Cc1ccc(O)cc1)C(=O)N[C@@H](CO)C(=O)O. The normalized spacial score (nSPS) is 13.9. The highest BCUT2D eigenvalue weighted by molar-refractivity contribution is 5.93. The van der Waals surface area contributed by atoms with Gasteiger partial charge in [0.25, 0.3) is 0 Å². The number of phenolic OH excluding ortho intramolecular Hbond substituents is 1. The summed E-state index contributed by atoms with van der Waals surface area (Å²) in [5.41, 5.74) is 5.99. The molecule has 0 aliphatic heterocycles. The van der Waals surface area contributed by atoms with E-state index in [0.717, 1.165) is 0 Å². The number of hydrogen-bond donors (Lipinski definition) is 7. The standard InChI is InChI=1S/C16H21N3O8/c17-10(6-13(22)23)14(24)18-11(5-8-1-3-9(21)4-2-8)15(25)19-12(7-20)16(26)27/h1-4,10-12,20-21H,5-7,17H2,(H,18,24)(H,19,25)(H,22,23)(H,26,27)/t10-,11-,12-/m0/s1. The van der Waals surface area contributed by atoms with E-state index in [4.69, 9.17) is 21.1 Å². The van der Waals surface area contributed by atoms with Crippen LogP contribution in [-0.2, 0) is 25.6 Å². The maximum absolute atomic E-state index is 12.4. The minimum atomic E-state index is -1.58. The van der Waals surface area contributed by atoms with Crippen molar-refractivity contribution in [1.29, 1.82) is 0 Å². The molecule has 0 aliphatic rings. The second-order valence-electron chi connectivity index (χ2n) is 5.72. The van der Waals surface area contributed by atoms with Gasteiger partial charge in [0, 0.05) is 6.42 Å². The Hall–Kier alpha value is -3.18. The number of hydrogen-bond acceptors (Lipinski definition) is 7. The Kier molecular flexibility index (Phi) is 8.17. The van der Waals surface area contributed by atoms with Crippen LogP contribution in [0.1, 0.15) is 12.0 Å². The first-order chi connectivity index (χ1) is 12.6. The fourth-order valence-electron chi connectivity index (χ4n) is 2.09. The molecule has 27 heavy (non-hydrogen) atoms. The Balaban J connectivity index is 2.95. The molecular weight excluding hydrogens is 362 g/mol. The number of aliphatic hydroxyl groups is 1. The number of aromatic hydroxyl groups is 1. The monoisotopic (exact) mass is 383 g/mol. The minimum Gasteiger partial charge on any atom is -0.508 e. The van der Waals surface area contributed by atoms with Crippen LogP contribution >= 0.6 is 0 Å². The number of carboxylic acids is 2. The number of aliphatic carboxylic acids is 2. The molecule has 1 aromatic rings. The highest BCUT2D eigenvalue weighted by Gasteiger charge is 2.28. The molecule has 0 heterocycles. The van der Waals surface area contributed by atoms with Gasteiger partial charge in [-0.15, -0.1) is 0 Å². The van der Waals surface area contributed by atoms with Gasteiger partial charge in [-0.2, -0.15) is 0 Å². The third-order valence-corrected chi connectivity index (χ3v) is 3.54. The van der Waals surface area contributed by atoms with Crippen LogP contribution in [0.5, 0.6) is 5.75 Å². The predicted octanol–water partition coefficient (Wildman–Crippen LogP) is -2.22. The average molecular weight is 383 g/mol. The molecule has 148 valence electrons. The summed E-state index contributed by atoms with van der Waals surface area (Å²) in [6.07, 6.45) is -0.747. The molecule has 0 aromatic heterocycles. The Bertz CT molecular complexity index is 691. The highest BCUT2D eigenvalue weighted by atomic mass is 16.4. The van der Waals surface area contributed by atoms with Crippen LogP contribution in [0.15, 0.2) is 24.3 Å². The third kappa shape index (κ3) is 7.30. The maximum atomic E-state index is 12.4. The molecule has 0 spiro atoms. The van der Waals surface area contributed by atoms with Gasteiger partial charge in [0.1, 0.15) is 17.8 Å². The maximum Gasteiger partial charge on any atom is 0.328 e. The molecule has 0 unspecified atom stereocenters. The summed E-state index contributed by atoms with van der Waals surface area (Å²) in [4.78, 5) is 46.0. The van der Waals surface area contributed by atoms with Crippen molar-refractivity contribution >= 4 is 23.8 Å². The van der Waals surface area contributed by atoms with Crippen LogP contribution in [0.25, 0.3) is 0 Å². The summed E-state index contributed by atoms with van der Waals surface area (Å²) in [5.74, 6) is -4.60. The zero-order chi connectivity index (χ0) is 20.6. The van der Waals surface area contributed by atoms with E-state index in [9.17, 15) is 24.3 Å². The van der Waals surface area contributed by atoms with Crippen LogP contribution in [0, 0.1) is 0 Å². The molecule has 0 saturated heterocycles.